The Morgan fingerprint density at radius 3 is 2.78 bits per heavy atom. The van der Waals surface area contributed by atoms with E-state index in [1.165, 1.54) is 0 Å². The summed E-state index contributed by atoms with van der Waals surface area (Å²) in [6.07, 6.45) is 0.698. The van der Waals surface area contributed by atoms with E-state index in [9.17, 15) is 9.90 Å². The second kappa shape index (κ2) is 7.87. The summed E-state index contributed by atoms with van der Waals surface area (Å²) < 4.78 is 2.58. The van der Waals surface area contributed by atoms with E-state index in [2.05, 4.69) is 21.2 Å². The van der Waals surface area contributed by atoms with Crippen LogP contribution in [0.25, 0.3) is 16.6 Å². The highest BCUT2D eigenvalue weighted by Crippen LogP contribution is 2.37. The monoisotopic (exact) mass is 464 g/mol. The van der Waals surface area contributed by atoms with Crippen LogP contribution in [-0.2, 0) is 6.42 Å². The van der Waals surface area contributed by atoms with E-state index in [4.69, 9.17) is 11.6 Å². The molecule has 1 aromatic heterocycles. The average Bonchev–Trinajstić information content (AvgIpc) is 2.97. The molecule has 0 amide bonds. The minimum atomic E-state index is -0.925. The molecule has 1 aliphatic heterocycles. The summed E-state index contributed by atoms with van der Waals surface area (Å²) in [5.41, 5.74) is 2.81. The third-order valence-corrected chi connectivity index (χ3v) is 7.21. The van der Waals surface area contributed by atoms with Crippen molar-refractivity contribution in [1.29, 1.82) is 0 Å². The Hall–Kier alpha value is -1.47. The topological polar surface area (TPSA) is 54.3 Å². The Bertz CT molecular complexity index is 1000. The molecule has 7 heteroatoms. The van der Waals surface area contributed by atoms with Gasteiger partial charge in [0.05, 0.1) is 10.5 Å². The third kappa shape index (κ3) is 3.63. The molecule has 2 N–H and O–H groups in total. The van der Waals surface area contributed by atoms with Gasteiger partial charge < -0.3 is 15.0 Å². The largest absolute Gasteiger partial charge is 0.477 e. The van der Waals surface area contributed by atoms with Crippen molar-refractivity contribution in [2.45, 2.75) is 11.7 Å². The lowest BCUT2D eigenvalue weighted by Crippen LogP contribution is -2.34. The molecular formula is C20H18BrClN2O2S. The van der Waals surface area contributed by atoms with Crippen LogP contribution in [-0.4, -0.2) is 39.7 Å². The van der Waals surface area contributed by atoms with Gasteiger partial charge in [-0.1, -0.05) is 29.8 Å². The SMILES string of the molecule is O=C(O)c1c(CC2CNCCS2)c2cc(Br)c(Cl)cc2n1-c1ccccc1. The molecular weight excluding hydrogens is 448 g/mol. The molecule has 1 saturated heterocycles. The quantitative estimate of drug-likeness (QED) is 0.570. The van der Waals surface area contributed by atoms with Crippen LogP contribution in [0.4, 0.5) is 0 Å². The number of carboxylic acids is 1. The number of para-hydroxylation sites is 1. The van der Waals surface area contributed by atoms with Gasteiger partial charge in [0.2, 0.25) is 0 Å². The number of aromatic carboxylic acids is 1. The fraction of sp³-hybridized carbons (Fsp3) is 0.250. The molecule has 1 fully saturated rings. The lowest BCUT2D eigenvalue weighted by Gasteiger charge is -2.22. The molecule has 4 rings (SSSR count). The summed E-state index contributed by atoms with van der Waals surface area (Å²) in [7, 11) is 0. The molecule has 0 bridgehead atoms. The number of halogens is 2. The van der Waals surface area contributed by atoms with Gasteiger partial charge in [-0.3, -0.25) is 0 Å². The number of rotatable bonds is 4. The highest BCUT2D eigenvalue weighted by atomic mass is 79.9. The highest BCUT2D eigenvalue weighted by molar-refractivity contribution is 9.10. The Kier molecular flexibility index (Phi) is 5.50. The summed E-state index contributed by atoms with van der Waals surface area (Å²) in [5.74, 6) is 0.117. The van der Waals surface area contributed by atoms with Gasteiger partial charge >= 0.3 is 5.97 Å². The van der Waals surface area contributed by atoms with E-state index in [-0.39, 0.29) is 0 Å². The van der Waals surface area contributed by atoms with Crippen molar-refractivity contribution in [3.05, 3.63) is 63.2 Å². The Balaban J connectivity index is 1.98. The molecule has 140 valence electrons. The van der Waals surface area contributed by atoms with Gasteiger partial charge in [0, 0.05) is 39.6 Å². The van der Waals surface area contributed by atoms with Gasteiger partial charge in [0.15, 0.2) is 0 Å². The predicted molar refractivity (Wildman–Crippen MR) is 116 cm³/mol. The second-order valence-corrected chi connectivity index (χ2v) is 9.16. The molecule has 0 saturated carbocycles. The number of thioether (sulfide) groups is 1. The van der Waals surface area contributed by atoms with Crippen LogP contribution in [0.1, 0.15) is 16.1 Å². The first kappa shape index (κ1) is 18.9. The maximum Gasteiger partial charge on any atom is 0.353 e. The van der Waals surface area contributed by atoms with Crippen molar-refractivity contribution >= 4 is 56.2 Å². The van der Waals surface area contributed by atoms with Crippen LogP contribution in [0.2, 0.25) is 5.02 Å². The van der Waals surface area contributed by atoms with Crippen LogP contribution in [0.3, 0.4) is 0 Å². The van der Waals surface area contributed by atoms with E-state index in [0.717, 1.165) is 45.5 Å². The third-order valence-electron chi connectivity index (χ3n) is 4.77. The fourth-order valence-electron chi connectivity index (χ4n) is 3.60. The maximum absolute atomic E-state index is 12.3. The van der Waals surface area contributed by atoms with Crippen molar-refractivity contribution in [3.8, 4) is 5.69 Å². The number of carboxylic acid groups (broad SMARTS) is 1. The van der Waals surface area contributed by atoms with Crippen LogP contribution < -0.4 is 5.32 Å². The second-order valence-electron chi connectivity index (χ2n) is 6.49. The van der Waals surface area contributed by atoms with Crippen LogP contribution in [0.5, 0.6) is 0 Å². The molecule has 1 unspecified atom stereocenters. The lowest BCUT2D eigenvalue weighted by atomic mass is 10.0. The first-order chi connectivity index (χ1) is 13.1. The number of nitrogens with zero attached hydrogens (tertiary/aromatic N) is 1. The molecule has 2 heterocycles. The summed E-state index contributed by atoms with van der Waals surface area (Å²) in [4.78, 5) is 12.3. The van der Waals surface area contributed by atoms with Gasteiger partial charge in [0.1, 0.15) is 5.69 Å². The first-order valence-electron chi connectivity index (χ1n) is 8.69. The molecule has 0 aliphatic carbocycles. The molecule has 4 nitrogen and oxygen atoms in total. The molecule has 27 heavy (non-hydrogen) atoms. The van der Waals surface area contributed by atoms with E-state index in [1.54, 1.807) is 0 Å². The van der Waals surface area contributed by atoms with E-state index < -0.39 is 5.97 Å². The Morgan fingerprint density at radius 1 is 1.33 bits per heavy atom. The van der Waals surface area contributed by atoms with Gasteiger partial charge in [-0.25, -0.2) is 4.79 Å². The van der Waals surface area contributed by atoms with E-state index in [0.29, 0.717) is 22.4 Å². The minimum Gasteiger partial charge on any atom is -0.477 e. The normalized spacial score (nSPS) is 17.3. The summed E-state index contributed by atoms with van der Waals surface area (Å²) in [6.45, 7) is 1.89. The fourth-order valence-corrected chi connectivity index (χ4v) is 5.22. The number of benzene rings is 2. The van der Waals surface area contributed by atoms with Gasteiger partial charge in [-0.15, -0.1) is 0 Å². The lowest BCUT2D eigenvalue weighted by molar-refractivity contribution is 0.0687. The number of fused-ring (bicyclic) bond motifs is 1. The number of nitrogens with one attached hydrogen (secondary N) is 1. The Morgan fingerprint density at radius 2 is 2.11 bits per heavy atom. The molecule has 0 radical (unpaired) electrons. The van der Waals surface area contributed by atoms with Crippen molar-refractivity contribution in [1.82, 2.24) is 9.88 Å². The average molecular weight is 466 g/mol. The summed E-state index contributed by atoms with van der Waals surface area (Å²) >= 11 is 11.8. The number of carbonyl (C=O) groups is 1. The zero-order valence-electron chi connectivity index (χ0n) is 14.4. The van der Waals surface area contributed by atoms with E-state index in [1.807, 2.05) is 58.8 Å². The van der Waals surface area contributed by atoms with Gasteiger partial charge in [0.25, 0.3) is 0 Å². The van der Waals surface area contributed by atoms with Gasteiger partial charge in [-0.2, -0.15) is 11.8 Å². The molecule has 0 spiro atoms. The molecule has 1 aliphatic rings. The number of aromatic nitrogens is 1. The van der Waals surface area contributed by atoms with Crippen LogP contribution >= 0.6 is 39.3 Å². The number of hydrogen-bond donors (Lipinski definition) is 2. The van der Waals surface area contributed by atoms with Crippen molar-refractivity contribution in [3.63, 3.8) is 0 Å². The summed E-state index contributed by atoms with van der Waals surface area (Å²) in [6, 6.07) is 13.4. The van der Waals surface area contributed by atoms with Crippen molar-refractivity contribution in [2.24, 2.45) is 0 Å². The highest BCUT2D eigenvalue weighted by Gasteiger charge is 2.27. The van der Waals surface area contributed by atoms with Crippen molar-refractivity contribution < 1.29 is 9.90 Å². The van der Waals surface area contributed by atoms with Crippen molar-refractivity contribution in [2.75, 3.05) is 18.8 Å². The van der Waals surface area contributed by atoms with E-state index >= 15 is 0 Å². The van der Waals surface area contributed by atoms with Gasteiger partial charge in [-0.05, 0) is 52.2 Å². The standard InChI is InChI=1S/C20H18BrClN2O2S/c21-16-9-14-15(8-13-11-23-6-7-27-13)19(20(25)26)24(18(14)10-17(16)22)12-4-2-1-3-5-12/h1-5,9-10,13,23H,6-8,11H2,(H,25,26). The molecule has 1 atom stereocenters. The first-order valence-corrected chi connectivity index (χ1v) is 10.9. The zero-order chi connectivity index (χ0) is 19.0. The van der Waals surface area contributed by atoms with Crippen LogP contribution in [0.15, 0.2) is 46.9 Å². The summed E-state index contributed by atoms with van der Waals surface area (Å²) in [5, 5.41) is 15.3. The van der Waals surface area contributed by atoms with Crippen LogP contribution in [0, 0.1) is 0 Å². The minimum absolute atomic E-state index is 0.316. The predicted octanol–water partition coefficient (Wildman–Crippen LogP) is 4.99. The number of hydrogen-bond acceptors (Lipinski definition) is 3. The Labute approximate surface area is 175 Å². The maximum atomic E-state index is 12.3. The molecule has 3 aromatic rings. The molecule has 2 aromatic carbocycles. The smallest absolute Gasteiger partial charge is 0.353 e. The zero-order valence-corrected chi connectivity index (χ0v) is 17.6.